The third kappa shape index (κ3) is 11.6. The van der Waals surface area contributed by atoms with Crippen molar-refractivity contribution in [2.24, 2.45) is 0 Å². The maximum atomic E-state index is 11.5. The lowest BCUT2D eigenvalue weighted by Gasteiger charge is -2.16. The molecule has 1 N–H and O–H groups in total. The fraction of sp³-hybridized carbons (Fsp3) is 1.00. The largest absolute Gasteiger partial charge is 0.472 e. The Morgan fingerprint density at radius 3 is 2.32 bits per heavy atom. The lowest BCUT2D eigenvalue weighted by Crippen LogP contribution is -2.09. The second kappa shape index (κ2) is 10.8. The van der Waals surface area contributed by atoms with E-state index in [1.165, 1.54) is 0 Å². The van der Waals surface area contributed by atoms with Crippen LogP contribution in [0.5, 0.6) is 0 Å². The monoisotopic (exact) mass is 296 g/mol. The van der Waals surface area contributed by atoms with Crippen molar-refractivity contribution in [1.29, 1.82) is 0 Å². The van der Waals surface area contributed by atoms with Gasteiger partial charge in [-0.15, -0.1) is 0 Å². The molecule has 0 aromatic heterocycles. The number of rotatable bonds is 12. The van der Waals surface area contributed by atoms with Crippen LogP contribution in [0.2, 0.25) is 0 Å². The van der Waals surface area contributed by atoms with Gasteiger partial charge in [0.25, 0.3) is 0 Å². The van der Waals surface area contributed by atoms with Crippen molar-refractivity contribution in [2.45, 2.75) is 72.0 Å². The van der Waals surface area contributed by atoms with Crippen LogP contribution in [0, 0.1) is 0 Å². The second-order valence-electron chi connectivity index (χ2n) is 4.80. The molecule has 0 radical (unpaired) electrons. The van der Waals surface area contributed by atoms with Gasteiger partial charge in [-0.05, 0) is 39.5 Å². The molecule has 5 nitrogen and oxygen atoms in total. The van der Waals surface area contributed by atoms with Crippen molar-refractivity contribution in [2.75, 3.05) is 13.2 Å². The fourth-order valence-electron chi connectivity index (χ4n) is 1.49. The van der Waals surface area contributed by atoms with Crippen molar-refractivity contribution in [1.82, 2.24) is 0 Å². The molecule has 3 atom stereocenters. The molecule has 0 spiro atoms. The summed E-state index contributed by atoms with van der Waals surface area (Å²) < 4.78 is 26.9. The molecule has 0 aromatic carbocycles. The molecule has 0 saturated heterocycles. The Morgan fingerprint density at radius 1 is 1.11 bits per heavy atom. The van der Waals surface area contributed by atoms with Crippen LogP contribution in [-0.4, -0.2) is 30.3 Å². The SMILES string of the molecule is CCCC(C)OCCCCOP(=O)(O)OC(C)CC. The molecule has 0 saturated carbocycles. The molecule has 3 unspecified atom stereocenters. The Bertz CT molecular complexity index is 259. The van der Waals surface area contributed by atoms with Gasteiger partial charge in [-0.1, -0.05) is 20.3 Å². The fourth-order valence-corrected chi connectivity index (χ4v) is 2.52. The van der Waals surface area contributed by atoms with E-state index in [0.717, 1.165) is 19.3 Å². The van der Waals surface area contributed by atoms with Crippen molar-refractivity contribution in [3.8, 4) is 0 Å². The van der Waals surface area contributed by atoms with Gasteiger partial charge in [-0.2, -0.15) is 0 Å². The first-order chi connectivity index (χ1) is 8.91. The molecule has 6 heteroatoms. The molecule has 19 heavy (non-hydrogen) atoms. The summed E-state index contributed by atoms with van der Waals surface area (Å²) in [6.07, 6.45) is 4.37. The normalized spacial score (nSPS) is 17.9. The van der Waals surface area contributed by atoms with Gasteiger partial charge in [0, 0.05) is 6.61 Å². The van der Waals surface area contributed by atoms with E-state index in [1.807, 2.05) is 6.92 Å². The van der Waals surface area contributed by atoms with E-state index < -0.39 is 7.82 Å². The van der Waals surface area contributed by atoms with E-state index in [-0.39, 0.29) is 18.8 Å². The topological polar surface area (TPSA) is 65.0 Å². The summed E-state index contributed by atoms with van der Waals surface area (Å²) in [5.74, 6) is 0. The Hall–Kier alpha value is 0.0700. The maximum absolute atomic E-state index is 11.5. The first-order valence-electron chi connectivity index (χ1n) is 7.18. The van der Waals surface area contributed by atoms with Crippen LogP contribution in [0.25, 0.3) is 0 Å². The average molecular weight is 296 g/mol. The van der Waals surface area contributed by atoms with E-state index in [0.29, 0.717) is 19.4 Å². The molecular formula is C13H29O5P. The summed E-state index contributed by atoms with van der Waals surface area (Å²) in [5, 5.41) is 0. The van der Waals surface area contributed by atoms with Crippen LogP contribution in [0.3, 0.4) is 0 Å². The second-order valence-corrected chi connectivity index (χ2v) is 6.21. The van der Waals surface area contributed by atoms with Gasteiger partial charge in [0.15, 0.2) is 0 Å². The molecular weight excluding hydrogens is 267 g/mol. The number of phosphoric acid groups is 1. The third-order valence-corrected chi connectivity index (χ3v) is 3.91. The zero-order valence-electron chi connectivity index (χ0n) is 12.6. The van der Waals surface area contributed by atoms with Crippen molar-refractivity contribution in [3.05, 3.63) is 0 Å². The molecule has 116 valence electrons. The molecule has 0 aliphatic rings. The highest BCUT2D eigenvalue weighted by Crippen LogP contribution is 2.44. The highest BCUT2D eigenvalue weighted by atomic mass is 31.2. The van der Waals surface area contributed by atoms with Crippen molar-refractivity contribution in [3.63, 3.8) is 0 Å². The first kappa shape index (κ1) is 19.1. The van der Waals surface area contributed by atoms with Gasteiger partial charge in [-0.25, -0.2) is 4.57 Å². The average Bonchev–Trinajstić information content (AvgIpc) is 2.33. The highest BCUT2D eigenvalue weighted by molar-refractivity contribution is 7.47. The Balaban J connectivity index is 3.55. The lowest BCUT2D eigenvalue weighted by atomic mass is 10.2. The molecule has 0 aromatic rings. The van der Waals surface area contributed by atoms with Gasteiger partial charge in [0.05, 0.1) is 18.8 Å². The molecule has 0 bridgehead atoms. The summed E-state index contributed by atoms with van der Waals surface area (Å²) in [6, 6.07) is 0. The summed E-state index contributed by atoms with van der Waals surface area (Å²) >= 11 is 0. The van der Waals surface area contributed by atoms with Crippen LogP contribution < -0.4 is 0 Å². The van der Waals surface area contributed by atoms with E-state index in [1.54, 1.807) is 6.92 Å². The van der Waals surface area contributed by atoms with Crippen LogP contribution >= 0.6 is 7.82 Å². The molecule has 0 amide bonds. The summed E-state index contributed by atoms with van der Waals surface area (Å²) in [7, 11) is -3.88. The minimum absolute atomic E-state index is 0.218. The summed E-state index contributed by atoms with van der Waals surface area (Å²) in [5.41, 5.74) is 0. The van der Waals surface area contributed by atoms with Crippen LogP contribution in [0.15, 0.2) is 0 Å². The Morgan fingerprint density at radius 2 is 1.74 bits per heavy atom. The van der Waals surface area contributed by atoms with Crippen molar-refractivity contribution < 1.29 is 23.2 Å². The highest BCUT2D eigenvalue weighted by Gasteiger charge is 2.23. The molecule has 0 heterocycles. The molecule has 0 rings (SSSR count). The van der Waals surface area contributed by atoms with E-state index in [2.05, 4.69) is 13.8 Å². The lowest BCUT2D eigenvalue weighted by molar-refractivity contribution is 0.0532. The number of phosphoric ester groups is 1. The Kier molecular flexibility index (Phi) is 10.8. The standard InChI is InChI=1S/C13H29O5P/c1-5-9-13(4)16-10-7-8-11-17-19(14,15)18-12(3)6-2/h12-13H,5-11H2,1-4H3,(H,14,15). The van der Waals surface area contributed by atoms with Gasteiger partial charge < -0.3 is 9.63 Å². The van der Waals surface area contributed by atoms with Gasteiger partial charge in [0.1, 0.15) is 0 Å². The minimum atomic E-state index is -3.88. The van der Waals surface area contributed by atoms with Gasteiger partial charge in [0.2, 0.25) is 0 Å². The summed E-state index contributed by atoms with van der Waals surface area (Å²) in [4.78, 5) is 9.41. The molecule has 0 aliphatic heterocycles. The predicted molar refractivity (Wildman–Crippen MR) is 76.2 cm³/mol. The van der Waals surface area contributed by atoms with E-state index in [9.17, 15) is 9.46 Å². The molecule has 0 fully saturated rings. The van der Waals surface area contributed by atoms with Crippen LogP contribution in [-0.2, 0) is 18.3 Å². The molecule has 0 aliphatic carbocycles. The van der Waals surface area contributed by atoms with Crippen LogP contribution in [0.1, 0.15) is 59.8 Å². The minimum Gasteiger partial charge on any atom is -0.379 e. The van der Waals surface area contributed by atoms with Gasteiger partial charge in [-0.3, -0.25) is 9.05 Å². The number of hydrogen-bond acceptors (Lipinski definition) is 4. The number of unbranched alkanes of at least 4 members (excludes halogenated alkanes) is 1. The zero-order valence-corrected chi connectivity index (χ0v) is 13.5. The van der Waals surface area contributed by atoms with Crippen LogP contribution in [0.4, 0.5) is 0 Å². The zero-order chi connectivity index (χ0) is 14.7. The summed E-state index contributed by atoms with van der Waals surface area (Å²) in [6.45, 7) is 8.70. The number of ether oxygens (including phenoxy) is 1. The third-order valence-electron chi connectivity index (χ3n) is 2.78. The predicted octanol–water partition coefficient (Wildman–Crippen LogP) is 3.90. The first-order valence-corrected chi connectivity index (χ1v) is 8.68. The quantitative estimate of drug-likeness (QED) is 0.437. The maximum Gasteiger partial charge on any atom is 0.472 e. The van der Waals surface area contributed by atoms with E-state index >= 15 is 0 Å². The Labute approximate surface area is 117 Å². The smallest absolute Gasteiger partial charge is 0.379 e. The van der Waals surface area contributed by atoms with E-state index in [4.69, 9.17) is 13.8 Å². The number of hydrogen-bond donors (Lipinski definition) is 1. The van der Waals surface area contributed by atoms with Crippen molar-refractivity contribution >= 4 is 7.82 Å². The van der Waals surface area contributed by atoms with Gasteiger partial charge >= 0.3 is 7.82 Å².